The largest absolute Gasteiger partial charge is 2.00 e. The van der Waals surface area contributed by atoms with Crippen LogP contribution >= 0.6 is 0 Å². The van der Waals surface area contributed by atoms with Crippen molar-refractivity contribution in [2.45, 2.75) is 13.3 Å². The van der Waals surface area contributed by atoms with Gasteiger partial charge in [0, 0.05) is 0 Å². The van der Waals surface area contributed by atoms with Gasteiger partial charge in [-0.3, -0.25) is 6.08 Å². The summed E-state index contributed by atoms with van der Waals surface area (Å²) in [6.45, 7) is 2.06. The molecule has 0 radical (unpaired) electrons. The average Bonchev–Trinajstić information content (AvgIpc) is 1.86. The van der Waals surface area contributed by atoms with Crippen molar-refractivity contribution in [1.29, 1.82) is 0 Å². The second-order valence-electron chi connectivity index (χ2n) is 1.47. The molecule has 0 heterocycles. The Bertz CT molecular complexity index is 98.2. The second-order valence-corrected chi connectivity index (χ2v) is 1.47. The minimum Gasteiger partial charge on any atom is -0.358 e. The monoisotopic (exact) mass is 103 g/mol. The summed E-state index contributed by atoms with van der Waals surface area (Å²) >= 11 is 0. The van der Waals surface area contributed by atoms with Crippen LogP contribution < -0.4 is 0 Å². The molecule has 0 bridgehead atoms. The molecule has 1 rings (SSSR count). The SMILES string of the molecule is CC1=[C-]CC=C1.[Be+2].[CH3-]. The van der Waals surface area contributed by atoms with Gasteiger partial charge in [-0.2, -0.15) is 6.08 Å². The van der Waals surface area contributed by atoms with E-state index < -0.39 is 0 Å². The third kappa shape index (κ3) is 2.76. The fourth-order valence-electron chi connectivity index (χ4n) is 0.515. The van der Waals surface area contributed by atoms with Crippen LogP contribution in [0.3, 0.4) is 0 Å². The maximum absolute atomic E-state index is 3.12. The van der Waals surface area contributed by atoms with E-state index >= 15 is 0 Å². The van der Waals surface area contributed by atoms with Gasteiger partial charge < -0.3 is 7.43 Å². The van der Waals surface area contributed by atoms with E-state index in [1.165, 1.54) is 5.57 Å². The van der Waals surface area contributed by atoms with Gasteiger partial charge in [0.15, 0.2) is 0 Å². The molecule has 0 atom stereocenters. The molecule has 0 aromatic heterocycles. The van der Waals surface area contributed by atoms with Gasteiger partial charge >= 0.3 is 10.1 Å². The van der Waals surface area contributed by atoms with E-state index in [1.807, 2.05) is 0 Å². The Labute approximate surface area is 55.5 Å². The molecule has 0 N–H and O–H groups in total. The second kappa shape index (κ2) is 4.80. The van der Waals surface area contributed by atoms with Crippen molar-refractivity contribution in [2.24, 2.45) is 0 Å². The molecule has 0 spiro atoms. The van der Waals surface area contributed by atoms with Gasteiger partial charge in [0.25, 0.3) is 0 Å². The van der Waals surface area contributed by atoms with Crippen LogP contribution in [0.15, 0.2) is 17.7 Å². The van der Waals surface area contributed by atoms with Crippen molar-refractivity contribution in [3.8, 4) is 0 Å². The Balaban J connectivity index is 0. The van der Waals surface area contributed by atoms with E-state index in [2.05, 4.69) is 25.2 Å². The molecule has 0 saturated heterocycles. The molecule has 0 amide bonds. The molecule has 0 aromatic carbocycles. The molecule has 8 heavy (non-hydrogen) atoms. The van der Waals surface area contributed by atoms with Gasteiger partial charge in [0.05, 0.1) is 0 Å². The smallest absolute Gasteiger partial charge is 0.358 e. The first-order valence-corrected chi connectivity index (χ1v) is 2.13. The Kier molecular flexibility index (Phi) is 6.36. The van der Waals surface area contributed by atoms with Crippen molar-refractivity contribution in [2.75, 3.05) is 0 Å². The van der Waals surface area contributed by atoms with E-state index in [4.69, 9.17) is 0 Å². The predicted octanol–water partition coefficient (Wildman–Crippen LogP) is 1.77. The van der Waals surface area contributed by atoms with E-state index in [1.54, 1.807) is 0 Å². The number of hydrogen-bond acceptors (Lipinski definition) is 0. The Hall–Kier alpha value is -0.351. The molecule has 40 valence electrons. The molecule has 0 aliphatic heterocycles. The summed E-state index contributed by atoms with van der Waals surface area (Å²) in [4.78, 5) is 0. The number of hydrogen-bond donors (Lipinski definition) is 0. The quantitative estimate of drug-likeness (QED) is 0.324. The van der Waals surface area contributed by atoms with Crippen LogP contribution in [0, 0.1) is 13.5 Å². The fourth-order valence-corrected chi connectivity index (χ4v) is 0.515. The Morgan fingerprint density at radius 2 is 2.25 bits per heavy atom. The van der Waals surface area contributed by atoms with Crippen molar-refractivity contribution in [3.05, 3.63) is 31.2 Å². The summed E-state index contributed by atoms with van der Waals surface area (Å²) in [5.41, 5.74) is 1.27. The summed E-state index contributed by atoms with van der Waals surface area (Å²) in [5.74, 6) is 0. The summed E-state index contributed by atoms with van der Waals surface area (Å²) in [6.07, 6.45) is 8.33. The van der Waals surface area contributed by atoms with Gasteiger partial charge in [-0.1, -0.05) is 6.92 Å². The topological polar surface area (TPSA) is 0 Å². The molecule has 1 heteroatoms. The number of rotatable bonds is 0. The van der Waals surface area contributed by atoms with Crippen molar-refractivity contribution < 1.29 is 0 Å². The fraction of sp³-hybridized carbons (Fsp3) is 0.286. The minimum absolute atomic E-state index is 0. The first kappa shape index (κ1) is 10.6. The molecular formula is C7H10Be. The summed E-state index contributed by atoms with van der Waals surface area (Å²) in [5, 5.41) is 0. The van der Waals surface area contributed by atoms with E-state index in [9.17, 15) is 0 Å². The van der Waals surface area contributed by atoms with E-state index in [0.717, 1.165) is 6.42 Å². The summed E-state index contributed by atoms with van der Waals surface area (Å²) in [7, 11) is 0. The van der Waals surface area contributed by atoms with Crippen molar-refractivity contribution in [1.82, 2.24) is 0 Å². The van der Waals surface area contributed by atoms with Crippen LogP contribution in [0.5, 0.6) is 0 Å². The zero-order chi connectivity index (χ0) is 4.41. The standard InChI is InChI=1S/C6H7.CH3.Be/c1-6-4-2-3-5-6;;/h2,4H,3H2,1H3;1H3;/q2*-1;+2. The Morgan fingerprint density at radius 3 is 2.38 bits per heavy atom. The molecular weight excluding hydrogens is 93.1 g/mol. The third-order valence-corrected chi connectivity index (χ3v) is 0.867. The van der Waals surface area contributed by atoms with Crippen LogP contribution in [0.4, 0.5) is 0 Å². The van der Waals surface area contributed by atoms with Crippen molar-refractivity contribution >= 4 is 10.1 Å². The van der Waals surface area contributed by atoms with Crippen LogP contribution in [0.2, 0.25) is 0 Å². The molecule has 1 aliphatic rings. The maximum Gasteiger partial charge on any atom is 2.00 e. The maximum atomic E-state index is 3.12. The van der Waals surface area contributed by atoms with Gasteiger partial charge in [0.2, 0.25) is 0 Å². The minimum atomic E-state index is 0. The zero-order valence-electron chi connectivity index (χ0n) is 5.57. The molecule has 0 nitrogen and oxygen atoms in total. The van der Waals surface area contributed by atoms with Crippen LogP contribution in [-0.2, 0) is 0 Å². The van der Waals surface area contributed by atoms with Gasteiger partial charge in [-0.15, -0.1) is 6.42 Å². The predicted molar refractivity (Wildman–Crippen MR) is 38.4 cm³/mol. The van der Waals surface area contributed by atoms with Crippen LogP contribution in [0.25, 0.3) is 0 Å². The summed E-state index contributed by atoms with van der Waals surface area (Å²) in [6, 6.07) is 0. The average molecular weight is 103 g/mol. The van der Waals surface area contributed by atoms with Crippen LogP contribution in [-0.4, -0.2) is 10.1 Å². The molecule has 0 aromatic rings. The molecule has 0 fully saturated rings. The molecule has 0 saturated carbocycles. The van der Waals surface area contributed by atoms with Gasteiger partial charge in [-0.25, -0.2) is 11.6 Å². The van der Waals surface area contributed by atoms with Gasteiger partial charge in [0.1, 0.15) is 0 Å². The van der Waals surface area contributed by atoms with Crippen molar-refractivity contribution in [3.63, 3.8) is 0 Å². The van der Waals surface area contributed by atoms with Gasteiger partial charge in [-0.05, 0) is 0 Å². The van der Waals surface area contributed by atoms with E-state index in [0.29, 0.717) is 0 Å². The summed E-state index contributed by atoms with van der Waals surface area (Å²) < 4.78 is 0. The molecule has 0 unspecified atom stereocenters. The molecule has 1 aliphatic carbocycles. The first-order chi connectivity index (χ1) is 2.89. The third-order valence-electron chi connectivity index (χ3n) is 0.867. The van der Waals surface area contributed by atoms with Crippen LogP contribution in [0.1, 0.15) is 13.3 Å². The normalized spacial score (nSPS) is 13.9. The van der Waals surface area contributed by atoms with E-state index in [-0.39, 0.29) is 17.5 Å². The Morgan fingerprint density at radius 1 is 1.62 bits per heavy atom. The zero-order valence-corrected chi connectivity index (χ0v) is 5.57. The number of allylic oxidation sites excluding steroid dienone is 4. The first-order valence-electron chi connectivity index (χ1n) is 2.13.